The van der Waals surface area contributed by atoms with Crippen molar-refractivity contribution in [2.45, 2.75) is 84.2 Å². The summed E-state index contributed by atoms with van der Waals surface area (Å²) in [6.45, 7) is 11.7. The van der Waals surface area contributed by atoms with Crippen LogP contribution >= 0.6 is 0 Å². The second-order valence-electron chi connectivity index (χ2n) is 11.9. The highest BCUT2D eigenvalue weighted by atomic mass is 16.6. The average molecular weight is 490 g/mol. The number of nitrogens with zero attached hydrogens (tertiary/aromatic N) is 2. The van der Waals surface area contributed by atoms with Gasteiger partial charge in [0.05, 0.1) is 5.69 Å². The lowest BCUT2D eigenvalue weighted by molar-refractivity contribution is 0.0205. The molecule has 0 atom stereocenters. The summed E-state index contributed by atoms with van der Waals surface area (Å²) in [5.41, 5.74) is 8.03. The van der Waals surface area contributed by atoms with E-state index in [0.717, 1.165) is 62.0 Å². The number of hydrogen-bond donors (Lipinski definition) is 1. The predicted octanol–water partition coefficient (Wildman–Crippen LogP) is 6.26. The van der Waals surface area contributed by atoms with E-state index in [4.69, 9.17) is 4.74 Å². The number of benzene rings is 1. The van der Waals surface area contributed by atoms with Gasteiger partial charge in [-0.3, -0.25) is 4.79 Å². The number of carbonyl (C=O) groups is 1. The van der Waals surface area contributed by atoms with E-state index in [-0.39, 0.29) is 11.7 Å². The molecule has 0 unspecified atom stereocenters. The van der Waals surface area contributed by atoms with Crippen LogP contribution in [0.5, 0.6) is 0 Å². The summed E-state index contributed by atoms with van der Waals surface area (Å²) in [6, 6.07) is 6.81. The van der Waals surface area contributed by atoms with Crippen LogP contribution in [-0.4, -0.2) is 39.2 Å². The highest BCUT2D eigenvalue weighted by molar-refractivity contribution is 5.92. The van der Waals surface area contributed by atoms with Crippen LogP contribution in [0.25, 0.3) is 22.2 Å². The molecule has 1 aromatic carbocycles. The topological polar surface area (TPSA) is 67.3 Å². The van der Waals surface area contributed by atoms with Crippen LogP contribution in [-0.2, 0) is 24.6 Å². The third-order valence-corrected chi connectivity index (χ3v) is 7.77. The minimum Gasteiger partial charge on any atom is -0.444 e. The summed E-state index contributed by atoms with van der Waals surface area (Å²) in [6.07, 6.45) is 6.58. The number of aromatic nitrogens is 2. The van der Waals surface area contributed by atoms with E-state index in [0.29, 0.717) is 11.8 Å². The van der Waals surface area contributed by atoms with Gasteiger partial charge in [-0.2, -0.15) is 0 Å². The number of H-pyrrole nitrogens is 1. The van der Waals surface area contributed by atoms with Crippen molar-refractivity contribution in [3.8, 4) is 11.3 Å². The third kappa shape index (κ3) is 4.46. The van der Waals surface area contributed by atoms with Gasteiger partial charge in [-0.15, -0.1) is 0 Å². The Morgan fingerprint density at radius 3 is 2.47 bits per heavy atom. The van der Waals surface area contributed by atoms with Gasteiger partial charge in [-0.1, -0.05) is 19.9 Å². The van der Waals surface area contributed by atoms with Crippen LogP contribution in [0.15, 0.2) is 29.2 Å². The van der Waals surface area contributed by atoms with E-state index in [1.54, 1.807) is 4.57 Å². The number of piperidine rings is 1. The maximum Gasteiger partial charge on any atom is 0.410 e. The van der Waals surface area contributed by atoms with Crippen LogP contribution in [0.1, 0.15) is 88.0 Å². The minimum absolute atomic E-state index is 0.147. The Morgan fingerprint density at radius 2 is 1.81 bits per heavy atom. The van der Waals surface area contributed by atoms with Gasteiger partial charge in [0.25, 0.3) is 5.56 Å². The summed E-state index contributed by atoms with van der Waals surface area (Å²) in [5.74, 6) is 0.764. The lowest BCUT2D eigenvalue weighted by Gasteiger charge is -2.33. The van der Waals surface area contributed by atoms with Crippen LogP contribution in [0, 0.1) is 0 Å². The largest absolute Gasteiger partial charge is 0.444 e. The lowest BCUT2D eigenvalue weighted by Crippen LogP contribution is -2.41. The van der Waals surface area contributed by atoms with Gasteiger partial charge < -0.3 is 19.2 Å². The molecular formula is C30H39N3O3. The van der Waals surface area contributed by atoms with Gasteiger partial charge in [0.2, 0.25) is 0 Å². The number of hydrogen-bond acceptors (Lipinski definition) is 3. The van der Waals surface area contributed by atoms with Crippen molar-refractivity contribution in [1.82, 2.24) is 14.5 Å². The van der Waals surface area contributed by atoms with Gasteiger partial charge in [-0.05, 0) is 93.5 Å². The standard InChI is InChI=1S/C30H39N3O3/c1-18(2)26-23-16-20(19-12-14-33(15-13-19)29(35)36-30(3,4)5)10-11-25(23)31-27(26)24-17-32(6)28(34)22-9-7-8-21(22)24/h10-11,16-19,31H,7-9,12-15H2,1-6H3. The fourth-order valence-electron chi connectivity index (χ4n) is 6.05. The number of rotatable bonds is 3. The molecular weight excluding hydrogens is 450 g/mol. The molecule has 1 N–H and O–H groups in total. The molecule has 0 radical (unpaired) electrons. The summed E-state index contributed by atoms with van der Waals surface area (Å²) >= 11 is 0. The van der Waals surface area contributed by atoms with E-state index in [2.05, 4.69) is 37.0 Å². The molecule has 36 heavy (non-hydrogen) atoms. The molecule has 0 bridgehead atoms. The van der Waals surface area contributed by atoms with Crippen LogP contribution < -0.4 is 5.56 Å². The Kier molecular flexibility index (Phi) is 6.26. The van der Waals surface area contributed by atoms with Crippen LogP contribution in [0.3, 0.4) is 0 Å². The fourth-order valence-corrected chi connectivity index (χ4v) is 6.05. The van der Waals surface area contributed by atoms with Crippen molar-refractivity contribution >= 4 is 17.0 Å². The van der Waals surface area contributed by atoms with E-state index in [1.807, 2.05) is 38.9 Å². The molecule has 3 heterocycles. The molecule has 1 fully saturated rings. The van der Waals surface area contributed by atoms with Crippen molar-refractivity contribution < 1.29 is 9.53 Å². The third-order valence-electron chi connectivity index (χ3n) is 7.77. The summed E-state index contributed by atoms with van der Waals surface area (Å²) in [4.78, 5) is 30.8. The second kappa shape index (κ2) is 9.13. The highest BCUT2D eigenvalue weighted by Crippen LogP contribution is 2.40. The molecule has 2 aliphatic rings. The monoisotopic (exact) mass is 489 g/mol. The number of fused-ring (bicyclic) bond motifs is 2. The molecule has 0 saturated carbocycles. The molecule has 3 aromatic rings. The molecule has 6 heteroatoms. The average Bonchev–Trinajstić information content (AvgIpc) is 3.45. The fraction of sp³-hybridized carbons (Fsp3) is 0.533. The Morgan fingerprint density at radius 1 is 1.11 bits per heavy atom. The molecule has 0 spiro atoms. The molecule has 1 amide bonds. The number of ether oxygens (including phenoxy) is 1. The van der Waals surface area contributed by atoms with E-state index in [1.165, 1.54) is 27.6 Å². The Bertz CT molecular complexity index is 1360. The summed E-state index contributed by atoms with van der Waals surface area (Å²) in [7, 11) is 1.86. The van der Waals surface area contributed by atoms with Gasteiger partial charge >= 0.3 is 6.09 Å². The van der Waals surface area contributed by atoms with Crippen molar-refractivity contribution in [3.63, 3.8) is 0 Å². The van der Waals surface area contributed by atoms with Gasteiger partial charge in [0, 0.05) is 48.4 Å². The second-order valence-corrected chi connectivity index (χ2v) is 11.9. The summed E-state index contributed by atoms with van der Waals surface area (Å²) < 4.78 is 7.32. The zero-order chi connectivity index (χ0) is 25.8. The number of nitrogens with one attached hydrogen (secondary N) is 1. The SMILES string of the molecule is CC(C)c1c(-c2cn(C)c(=O)c3c2CCC3)[nH]c2ccc(C3CCN(C(=O)OC(C)(C)C)CC3)cc12. The van der Waals surface area contributed by atoms with Gasteiger partial charge in [0.1, 0.15) is 5.60 Å². The van der Waals surface area contributed by atoms with E-state index >= 15 is 0 Å². The first-order valence-electron chi connectivity index (χ1n) is 13.4. The van der Waals surface area contributed by atoms with E-state index < -0.39 is 5.60 Å². The maximum atomic E-state index is 12.7. The quantitative estimate of drug-likeness (QED) is 0.472. The number of aromatic amines is 1. The van der Waals surface area contributed by atoms with Gasteiger partial charge in [-0.25, -0.2) is 4.79 Å². The minimum atomic E-state index is -0.469. The molecule has 2 aromatic heterocycles. The van der Waals surface area contributed by atoms with Crippen molar-refractivity contribution in [1.29, 1.82) is 0 Å². The first kappa shape index (κ1) is 24.7. The molecule has 6 nitrogen and oxygen atoms in total. The lowest BCUT2D eigenvalue weighted by atomic mass is 9.87. The number of aryl methyl sites for hydroxylation is 1. The number of pyridine rings is 1. The highest BCUT2D eigenvalue weighted by Gasteiger charge is 2.29. The molecule has 1 aliphatic heterocycles. The number of carbonyl (C=O) groups excluding carboxylic acids is 1. The number of amides is 1. The van der Waals surface area contributed by atoms with Crippen molar-refractivity contribution in [3.05, 3.63) is 57.0 Å². The summed E-state index contributed by atoms with van der Waals surface area (Å²) in [5, 5.41) is 1.27. The van der Waals surface area contributed by atoms with Crippen LogP contribution in [0.2, 0.25) is 0 Å². The normalized spacial score (nSPS) is 16.7. The Balaban J connectivity index is 1.47. The van der Waals surface area contributed by atoms with Crippen molar-refractivity contribution in [2.24, 2.45) is 7.05 Å². The Hall–Kier alpha value is -3.02. The molecule has 1 saturated heterocycles. The molecule has 192 valence electrons. The van der Waals surface area contributed by atoms with Crippen molar-refractivity contribution in [2.75, 3.05) is 13.1 Å². The smallest absolute Gasteiger partial charge is 0.410 e. The Labute approximate surface area is 213 Å². The molecule has 1 aliphatic carbocycles. The predicted molar refractivity (Wildman–Crippen MR) is 145 cm³/mol. The van der Waals surface area contributed by atoms with E-state index in [9.17, 15) is 9.59 Å². The van der Waals surface area contributed by atoms with Crippen LogP contribution in [0.4, 0.5) is 4.79 Å². The first-order chi connectivity index (χ1) is 17.0. The zero-order valence-electron chi connectivity index (χ0n) is 22.5. The number of likely N-dealkylation sites (tertiary alicyclic amines) is 1. The van der Waals surface area contributed by atoms with Gasteiger partial charge in [0.15, 0.2) is 0 Å². The molecule has 5 rings (SSSR count). The zero-order valence-corrected chi connectivity index (χ0v) is 22.5. The maximum absolute atomic E-state index is 12.7. The first-order valence-corrected chi connectivity index (χ1v) is 13.4.